The van der Waals surface area contributed by atoms with Gasteiger partial charge in [-0.2, -0.15) is 0 Å². The van der Waals surface area contributed by atoms with E-state index in [4.69, 9.17) is 0 Å². The van der Waals surface area contributed by atoms with E-state index in [0.29, 0.717) is 0 Å². The molecule has 0 aliphatic rings. The molecule has 0 bridgehead atoms. The van der Waals surface area contributed by atoms with Crippen LogP contribution in [0.25, 0.3) is 0 Å². The maximum atomic E-state index is 2.59. The summed E-state index contributed by atoms with van der Waals surface area (Å²) in [4.78, 5) is 0. The second-order valence-corrected chi connectivity index (χ2v) is 12.0. The molecule has 2 heteroatoms. The van der Waals surface area contributed by atoms with Crippen molar-refractivity contribution >= 4 is 0 Å². The van der Waals surface area contributed by atoms with Gasteiger partial charge in [0.1, 0.15) is 12.4 Å². The van der Waals surface area contributed by atoms with Gasteiger partial charge in [0, 0.05) is 6.42 Å². The summed E-state index contributed by atoms with van der Waals surface area (Å²) in [7, 11) is 0. The van der Waals surface area contributed by atoms with Crippen LogP contribution in [0.4, 0.5) is 0 Å². The van der Waals surface area contributed by atoms with E-state index in [-0.39, 0.29) is 0 Å². The Labute approximate surface area is 234 Å². The van der Waals surface area contributed by atoms with Crippen LogP contribution in [-0.2, 0) is 19.5 Å². The van der Waals surface area contributed by atoms with Gasteiger partial charge in [-0.3, -0.25) is 0 Å². The van der Waals surface area contributed by atoms with Crippen molar-refractivity contribution in [2.75, 3.05) is 0 Å². The summed E-state index contributed by atoms with van der Waals surface area (Å²) < 4.78 is 5.13. The fourth-order valence-corrected chi connectivity index (χ4v) is 5.86. The van der Waals surface area contributed by atoms with Crippen molar-refractivity contribution < 1.29 is 4.57 Å². The molecule has 0 spiro atoms. The van der Waals surface area contributed by atoms with Crippen molar-refractivity contribution in [1.29, 1.82) is 0 Å². The molecule has 0 aliphatic heterocycles. The Bertz CT molecular complexity index is 576. The lowest BCUT2D eigenvalue weighted by Gasteiger charge is -2.06. The number of aryl methyl sites for hydroxylation is 2. The van der Waals surface area contributed by atoms with Gasteiger partial charge in [-0.25, -0.2) is 9.13 Å². The molecule has 0 unspecified atom stereocenters. The number of imidazole rings is 1. The normalized spacial score (nSPS) is 11.5. The van der Waals surface area contributed by atoms with Crippen LogP contribution in [0.5, 0.6) is 0 Å². The van der Waals surface area contributed by atoms with E-state index in [1.165, 1.54) is 186 Å². The van der Waals surface area contributed by atoms with E-state index in [1.54, 1.807) is 5.82 Å². The molecule has 2 nitrogen and oxygen atoms in total. The van der Waals surface area contributed by atoms with E-state index in [9.17, 15) is 0 Å². The molecular weight excluding hydrogens is 448 g/mol. The zero-order valence-corrected chi connectivity index (χ0v) is 26.1. The molecule has 0 fully saturated rings. The third-order valence-electron chi connectivity index (χ3n) is 8.31. The quantitative estimate of drug-likeness (QED) is 0.0737. The van der Waals surface area contributed by atoms with Crippen molar-refractivity contribution in [3.05, 3.63) is 18.2 Å². The Morgan fingerprint density at radius 3 is 1.24 bits per heavy atom. The van der Waals surface area contributed by atoms with Gasteiger partial charge in [-0.15, -0.1) is 0 Å². The minimum absolute atomic E-state index is 1.18. The Balaban J connectivity index is 2.05. The number of hydrogen-bond donors (Lipinski definition) is 0. The molecule has 37 heavy (non-hydrogen) atoms. The summed E-state index contributed by atoms with van der Waals surface area (Å²) in [5, 5.41) is 0. The average molecular weight is 518 g/mol. The van der Waals surface area contributed by atoms with Crippen LogP contribution in [0.3, 0.4) is 0 Å². The lowest BCUT2D eigenvalue weighted by Crippen LogP contribution is -2.37. The van der Waals surface area contributed by atoms with Crippen LogP contribution in [0.15, 0.2) is 12.4 Å². The van der Waals surface area contributed by atoms with Gasteiger partial charge in [-0.1, -0.05) is 162 Å². The number of hydrogen-bond acceptors (Lipinski definition) is 0. The van der Waals surface area contributed by atoms with Crippen LogP contribution in [0, 0.1) is 0 Å². The van der Waals surface area contributed by atoms with E-state index < -0.39 is 0 Å². The summed E-state index contributed by atoms with van der Waals surface area (Å²) in [5.74, 6) is 1.59. The molecule has 1 rings (SSSR count). The zero-order valence-electron chi connectivity index (χ0n) is 26.1. The SMILES string of the molecule is CCCCCCCCCCCCCCCCCCc1n(CCC)cc[n+]1CCCCCCCCCCC. The van der Waals surface area contributed by atoms with E-state index in [1.807, 2.05) is 0 Å². The number of unbranched alkanes of at least 4 members (excludes halogenated alkanes) is 23. The van der Waals surface area contributed by atoms with Crippen LogP contribution in [0.2, 0.25) is 0 Å². The Hall–Kier alpha value is -0.790. The highest BCUT2D eigenvalue weighted by Gasteiger charge is 2.15. The van der Waals surface area contributed by atoms with Crippen molar-refractivity contribution in [2.45, 2.75) is 207 Å². The van der Waals surface area contributed by atoms with Gasteiger partial charge in [-0.05, 0) is 25.7 Å². The lowest BCUT2D eigenvalue weighted by molar-refractivity contribution is -0.704. The minimum atomic E-state index is 1.18. The number of rotatable bonds is 29. The first-order chi connectivity index (χ1) is 18.3. The standard InChI is InChI=1S/C35H69N2/c1-4-7-9-11-13-15-16-17-18-19-20-21-22-24-26-28-30-35-36(31-6-3)33-34-37(35)32-29-27-25-23-14-12-10-8-5-2/h33-34H,4-32H2,1-3H3/q+1. The molecule has 0 N–H and O–H groups in total. The highest BCUT2D eigenvalue weighted by atomic mass is 15.1. The molecule has 0 saturated heterocycles. The van der Waals surface area contributed by atoms with Gasteiger partial charge in [0.05, 0.1) is 13.1 Å². The minimum Gasteiger partial charge on any atom is -0.234 e. The van der Waals surface area contributed by atoms with Crippen molar-refractivity contribution in [3.8, 4) is 0 Å². The first-order valence-corrected chi connectivity index (χ1v) is 17.4. The van der Waals surface area contributed by atoms with Gasteiger partial charge in [0.2, 0.25) is 0 Å². The summed E-state index contributed by atoms with van der Waals surface area (Å²) in [6.07, 6.45) is 43.1. The van der Waals surface area contributed by atoms with Gasteiger partial charge < -0.3 is 0 Å². The Morgan fingerprint density at radius 1 is 0.459 bits per heavy atom. The predicted molar refractivity (Wildman–Crippen MR) is 165 cm³/mol. The van der Waals surface area contributed by atoms with Crippen molar-refractivity contribution in [2.24, 2.45) is 0 Å². The summed E-state index contributed by atoms with van der Waals surface area (Å²) in [5.41, 5.74) is 0. The molecular formula is C35H69N2+. The third kappa shape index (κ3) is 19.9. The molecule has 1 heterocycles. The average Bonchev–Trinajstić information content (AvgIpc) is 3.28. The van der Waals surface area contributed by atoms with E-state index >= 15 is 0 Å². The smallest absolute Gasteiger partial charge is 0.234 e. The highest BCUT2D eigenvalue weighted by molar-refractivity contribution is 4.84. The monoisotopic (exact) mass is 518 g/mol. The number of nitrogens with zero attached hydrogens (tertiary/aromatic N) is 2. The summed E-state index contributed by atoms with van der Waals surface area (Å²) in [6, 6.07) is 0. The fourth-order valence-electron chi connectivity index (χ4n) is 5.86. The topological polar surface area (TPSA) is 8.81 Å². The molecule has 0 atom stereocenters. The van der Waals surface area contributed by atoms with Crippen LogP contribution in [0.1, 0.15) is 194 Å². The first-order valence-electron chi connectivity index (χ1n) is 17.4. The molecule has 0 aromatic carbocycles. The van der Waals surface area contributed by atoms with E-state index in [0.717, 1.165) is 0 Å². The zero-order chi connectivity index (χ0) is 26.7. The molecule has 218 valence electrons. The van der Waals surface area contributed by atoms with Gasteiger partial charge >= 0.3 is 0 Å². The molecule has 1 aromatic rings. The van der Waals surface area contributed by atoms with Crippen LogP contribution >= 0.6 is 0 Å². The fraction of sp³-hybridized carbons (Fsp3) is 0.914. The van der Waals surface area contributed by atoms with Crippen molar-refractivity contribution in [1.82, 2.24) is 4.57 Å². The second-order valence-electron chi connectivity index (χ2n) is 12.0. The largest absolute Gasteiger partial charge is 0.256 e. The second kappa shape index (κ2) is 26.8. The third-order valence-corrected chi connectivity index (χ3v) is 8.31. The molecule has 0 radical (unpaired) electrons. The van der Waals surface area contributed by atoms with Crippen LogP contribution in [-0.4, -0.2) is 4.57 Å². The Kier molecular flexibility index (Phi) is 24.8. The molecule has 0 amide bonds. The summed E-state index contributed by atoms with van der Waals surface area (Å²) in [6.45, 7) is 9.32. The molecule has 1 aromatic heterocycles. The number of aromatic nitrogens is 2. The van der Waals surface area contributed by atoms with Crippen LogP contribution < -0.4 is 4.57 Å². The molecule has 0 saturated carbocycles. The lowest BCUT2D eigenvalue weighted by atomic mass is 10.0. The van der Waals surface area contributed by atoms with Gasteiger partial charge in [0.25, 0.3) is 5.82 Å². The van der Waals surface area contributed by atoms with E-state index in [2.05, 4.69) is 42.3 Å². The predicted octanol–water partition coefficient (Wildman–Crippen LogP) is 11.5. The highest BCUT2D eigenvalue weighted by Crippen LogP contribution is 2.15. The Morgan fingerprint density at radius 2 is 0.838 bits per heavy atom. The summed E-state index contributed by atoms with van der Waals surface area (Å²) >= 11 is 0. The maximum absolute atomic E-state index is 2.59. The van der Waals surface area contributed by atoms with Gasteiger partial charge in [0.15, 0.2) is 0 Å². The first kappa shape index (κ1) is 34.2. The van der Waals surface area contributed by atoms with Crippen molar-refractivity contribution in [3.63, 3.8) is 0 Å². The molecule has 0 aliphatic carbocycles. The maximum Gasteiger partial charge on any atom is 0.256 e.